The van der Waals surface area contributed by atoms with Gasteiger partial charge in [0.1, 0.15) is 11.8 Å². The number of hydrogen-bond acceptors (Lipinski definition) is 3. The summed E-state index contributed by atoms with van der Waals surface area (Å²) in [6.45, 7) is 3.63. The number of carbonyl (C=O) groups excluding carboxylic acids is 1. The number of benzene rings is 1. The standard InChI is InChI=1S/C13H17NO4/c1-3-9(2)11(12(15)16)14-13(17)18-10-7-5-4-6-8-10/h4-9,11H,3H2,1-2H3,(H,14,17)(H,15,16)/t9-,11-/m0/s1. The first-order chi connectivity index (χ1) is 8.54. The van der Waals surface area contributed by atoms with Gasteiger partial charge >= 0.3 is 12.1 Å². The van der Waals surface area contributed by atoms with Crippen LogP contribution in [0.2, 0.25) is 0 Å². The lowest BCUT2D eigenvalue weighted by Gasteiger charge is -2.19. The molecular formula is C13H17NO4. The van der Waals surface area contributed by atoms with Crippen molar-refractivity contribution in [3.63, 3.8) is 0 Å². The molecule has 0 saturated heterocycles. The Morgan fingerprint density at radius 1 is 1.33 bits per heavy atom. The molecule has 0 heterocycles. The van der Waals surface area contributed by atoms with Crippen LogP contribution in [0.4, 0.5) is 4.79 Å². The van der Waals surface area contributed by atoms with Crippen molar-refractivity contribution in [2.75, 3.05) is 0 Å². The van der Waals surface area contributed by atoms with E-state index in [4.69, 9.17) is 9.84 Å². The molecule has 0 aliphatic rings. The Morgan fingerprint density at radius 2 is 1.94 bits per heavy atom. The Morgan fingerprint density at radius 3 is 2.44 bits per heavy atom. The Kier molecular flexibility index (Phi) is 5.17. The Labute approximate surface area is 106 Å². The second-order valence-corrected chi connectivity index (χ2v) is 4.05. The van der Waals surface area contributed by atoms with Gasteiger partial charge in [0.25, 0.3) is 0 Å². The third-order valence-corrected chi connectivity index (χ3v) is 2.71. The predicted octanol–water partition coefficient (Wildman–Crippen LogP) is 2.27. The van der Waals surface area contributed by atoms with Crippen LogP contribution >= 0.6 is 0 Å². The van der Waals surface area contributed by atoms with E-state index >= 15 is 0 Å². The molecule has 18 heavy (non-hydrogen) atoms. The van der Waals surface area contributed by atoms with Gasteiger partial charge in [0.05, 0.1) is 0 Å². The average molecular weight is 251 g/mol. The maximum absolute atomic E-state index is 11.6. The minimum absolute atomic E-state index is 0.161. The molecule has 0 unspecified atom stereocenters. The highest BCUT2D eigenvalue weighted by molar-refractivity contribution is 5.81. The molecule has 98 valence electrons. The summed E-state index contributed by atoms with van der Waals surface area (Å²) >= 11 is 0. The molecular weight excluding hydrogens is 234 g/mol. The molecule has 0 saturated carbocycles. The zero-order valence-corrected chi connectivity index (χ0v) is 10.4. The minimum atomic E-state index is -1.06. The molecule has 0 fully saturated rings. The summed E-state index contributed by atoms with van der Waals surface area (Å²) in [5.41, 5.74) is 0. The summed E-state index contributed by atoms with van der Waals surface area (Å²) in [5, 5.41) is 11.4. The Bertz CT molecular complexity index is 405. The van der Waals surface area contributed by atoms with Gasteiger partial charge in [-0.3, -0.25) is 0 Å². The largest absolute Gasteiger partial charge is 0.480 e. The van der Waals surface area contributed by atoms with Crippen molar-refractivity contribution >= 4 is 12.1 Å². The third kappa shape index (κ3) is 4.08. The molecule has 0 bridgehead atoms. The van der Waals surface area contributed by atoms with Gasteiger partial charge in [0, 0.05) is 0 Å². The van der Waals surface area contributed by atoms with Crippen LogP contribution < -0.4 is 10.1 Å². The molecule has 0 spiro atoms. The van der Waals surface area contributed by atoms with E-state index in [-0.39, 0.29) is 5.92 Å². The molecule has 1 amide bonds. The number of ether oxygens (including phenoxy) is 1. The van der Waals surface area contributed by atoms with Gasteiger partial charge in [-0.05, 0) is 18.1 Å². The third-order valence-electron chi connectivity index (χ3n) is 2.71. The molecule has 5 nitrogen and oxygen atoms in total. The van der Waals surface area contributed by atoms with Crippen molar-refractivity contribution in [3.05, 3.63) is 30.3 Å². The molecule has 0 aromatic heterocycles. The first-order valence-corrected chi connectivity index (χ1v) is 5.80. The second kappa shape index (κ2) is 6.64. The molecule has 0 radical (unpaired) electrons. The van der Waals surface area contributed by atoms with E-state index in [1.807, 2.05) is 6.92 Å². The van der Waals surface area contributed by atoms with Crippen molar-refractivity contribution in [1.82, 2.24) is 5.32 Å². The van der Waals surface area contributed by atoms with Crippen molar-refractivity contribution in [2.24, 2.45) is 5.92 Å². The molecule has 2 atom stereocenters. The summed E-state index contributed by atoms with van der Waals surface area (Å²) in [5.74, 6) is -0.844. The molecule has 1 aromatic rings. The SMILES string of the molecule is CC[C@H](C)[C@H](NC(=O)Oc1ccccc1)C(=O)O. The first-order valence-electron chi connectivity index (χ1n) is 5.80. The quantitative estimate of drug-likeness (QED) is 0.841. The summed E-state index contributed by atoms with van der Waals surface area (Å²) < 4.78 is 4.98. The maximum atomic E-state index is 11.6. The van der Waals surface area contributed by atoms with Crippen molar-refractivity contribution < 1.29 is 19.4 Å². The molecule has 0 aliphatic carbocycles. The molecule has 0 aliphatic heterocycles. The molecule has 1 aromatic carbocycles. The first kappa shape index (κ1) is 14.0. The van der Waals surface area contributed by atoms with Gasteiger partial charge in [0.15, 0.2) is 0 Å². The highest BCUT2D eigenvalue weighted by Gasteiger charge is 2.25. The number of hydrogen-bond donors (Lipinski definition) is 2. The van der Waals surface area contributed by atoms with Gasteiger partial charge in [0.2, 0.25) is 0 Å². The van der Waals surface area contributed by atoms with Gasteiger partial charge in [-0.15, -0.1) is 0 Å². The molecule has 1 rings (SSSR count). The van der Waals surface area contributed by atoms with E-state index in [2.05, 4.69) is 5.32 Å². The second-order valence-electron chi connectivity index (χ2n) is 4.05. The number of carbonyl (C=O) groups is 2. The summed E-state index contributed by atoms with van der Waals surface area (Å²) in [4.78, 5) is 22.6. The number of aliphatic carboxylic acids is 1. The number of carboxylic acids is 1. The van der Waals surface area contributed by atoms with E-state index in [1.165, 1.54) is 0 Å². The fourth-order valence-corrected chi connectivity index (χ4v) is 1.44. The maximum Gasteiger partial charge on any atom is 0.413 e. The fraction of sp³-hybridized carbons (Fsp3) is 0.385. The number of para-hydroxylation sites is 1. The zero-order chi connectivity index (χ0) is 13.5. The van der Waals surface area contributed by atoms with Crippen LogP contribution in [-0.2, 0) is 4.79 Å². The molecule has 2 N–H and O–H groups in total. The Balaban J connectivity index is 2.60. The van der Waals surface area contributed by atoms with E-state index < -0.39 is 18.1 Å². The number of nitrogens with one attached hydrogen (secondary N) is 1. The fourth-order valence-electron chi connectivity index (χ4n) is 1.44. The topological polar surface area (TPSA) is 75.6 Å². The summed E-state index contributed by atoms with van der Waals surface area (Å²) in [6.07, 6.45) is -0.100. The number of rotatable bonds is 5. The van der Waals surface area contributed by atoms with Crippen LogP contribution in [0.3, 0.4) is 0 Å². The van der Waals surface area contributed by atoms with Gasteiger partial charge in [-0.25, -0.2) is 9.59 Å². The smallest absolute Gasteiger partial charge is 0.413 e. The van der Waals surface area contributed by atoms with Crippen LogP contribution in [0, 0.1) is 5.92 Å². The van der Waals surface area contributed by atoms with Gasteiger partial charge < -0.3 is 15.2 Å². The van der Waals surface area contributed by atoms with Crippen molar-refractivity contribution in [1.29, 1.82) is 0 Å². The van der Waals surface area contributed by atoms with Crippen LogP contribution in [0.25, 0.3) is 0 Å². The monoisotopic (exact) mass is 251 g/mol. The summed E-state index contributed by atoms with van der Waals surface area (Å²) in [6, 6.07) is 7.56. The summed E-state index contributed by atoms with van der Waals surface area (Å²) in [7, 11) is 0. The normalized spacial score (nSPS) is 13.4. The van der Waals surface area contributed by atoms with Crippen LogP contribution in [0.5, 0.6) is 5.75 Å². The van der Waals surface area contributed by atoms with Gasteiger partial charge in [-0.1, -0.05) is 38.5 Å². The van der Waals surface area contributed by atoms with Gasteiger partial charge in [-0.2, -0.15) is 0 Å². The lowest BCUT2D eigenvalue weighted by atomic mass is 10.00. The van der Waals surface area contributed by atoms with Crippen LogP contribution in [0.15, 0.2) is 30.3 Å². The minimum Gasteiger partial charge on any atom is -0.480 e. The lowest BCUT2D eigenvalue weighted by molar-refractivity contribution is -0.140. The number of carboxylic acid groups (broad SMARTS) is 1. The van der Waals surface area contributed by atoms with E-state index in [1.54, 1.807) is 37.3 Å². The average Bonchev–Trinajstić information content (AvgIpc) is 2.36. The lowest BCUT2D eigenvalue weighted by Crippen LogP contribution is -2.46. The highest BCUT2D eigenvalue weighted by Crippen LogP contribution is 2.11. The van der Waals surface area contributed by atoms with E-state index in [0.29, 0.717) is 12.2 Å². The zero-order valence-electron chi connectivity index (χ0n) is 10.4. The molecule has 5 heteroatoms. The Hall–Kier alpha value is -2.04. The highest BCUT2D eigenvalue weighted by atomic mass is 16.6. The van der Waals surface area contributed by atoms with E-state index in [9.17, 15) is 9.59 Å². The predicted molar refractivity (Wildman–Crippen MR) is 66.5 cm³/mol. The van der Waals surface area contributed by atoms with Crippen LogP contribution in [0.1, 0.15) is 20.3 Å². The number of amides is 1. The van der Waals surface area contributed by atoms with Crippen LogP contribution in [-0.4, -0.2) is 23.2 Å². The van der Waals surface area contributed by atoms with E-state index in [0.717, 1.165) is 0 Å². The van der Waals surface area contributed by atoms with Crippen molar-refractivity contribution in [2.45, 2.75) is 26.3 Å². The van der Waals surface area contributed by atoms with Crippen molar-refractivity contribution in [3.8, 4) is 5.75 Å².